The van der Waals surface area contributed by atoms with Crippen molar-refractivity contribution in [3.8, 4) is 5.75 Å². The molecular formula is C32H27ClN2O2. The quantitative estimate of drug-likeness (QED) is 0.289. The zero-order chi connectivity index (χ0) is 25.2. The van der Waals surface area contributed by atoms with Gasteiger partial charge in [0.1, 0.15) is 12.4 Å². The monoisotopic (exact) mass is 506 g/mol. The molecule has 4 nitrogen and oxygen atoms in total. The molecule has 6 rings (SSSR count). The van der Waals surface area contributed by atoms with Gasteiger partial charge in [-0.3, -0.25) is 4.79 Å². The molecule has 1 heterocycles. The van der Waals surface area contributed by atoms with Crippen LogP contribution in [0.2, 0.25) is 5.02 Å². The molecule has 4 aromatic rings. The fourth-order valence-electron chi connectivity index (χ4n) is 5.34. The molecule has 0 bridgehead atoms. The molecular weight excluding hydrogens is 480 g/mol. The van der Waals surface area contributed by atoms with Crippen LogP contribution in [0.25, 0.3) is 0 Å². The molecule has 0 spiro atoms. The number of para-hydroxylation sites is 3. The van der Waals surface area contributed by atoms with Gasteiger partial charge >= 0.3 is 0 Å². The smallest absolute Gasteiger partial charge is 0.163 e. The number of benzene rings is 4. The van der Waals surface area contributed by atoms with Crippen LogP contribution in [0.3, 0.4) is 0 Å². The third-order valence-corrected chi connectivity index (χ3v) is 7.47. The lowest BCUT2D eigenvalue weighted by atomic mass is 9.78. The fraction of sp³-hybridized carbons (Fsp3) is 0.156. The maximum Gasteiger partial charge on any atom is 0.163 e. The van der Waals surface area contributed by atoms with Crippen molar-refractivity contribution in [2.24, 2.45) is 0 Å². The number of hydrogen-bond donors (Lipinski definition) is 2. The number of halogens is 1. The van der Waals surface area contributed by atoms with Crippen LogP contribution in [-0.2, 0) is 11.4 Å². The second-order valence-corrected chi connectivity index (χ2v) is 9.91. The number of allylic oxidation sites excluding steroid dienone is 1. The summed E-state index contributed by atoms with van der Waals surface area (Å²) >= 11 is 6.55. The molecule has 37 heavy (non-hydrogen) atoms. The summed E-state index contributed by atoms with van der Waals surface area (Å²) in [6.07, 6.45) is 1.11. The van der Waals surface area contributed by atoms with Crippen molar-refractivity contribution in [2.75, 3.05) is 10.6 Å². The summed E-state index contributed by atoms with van der Waals surface area (Å²) in [7, 11) is 0. The number of ether oxygens (including phenoxy) is 1. The van der Waals surface area contributed by atoms with Crippen LogP contribution < -0.4 is 15.4 Å². The molecule has 0 aromatic heterocycles. The second-order valence-electron chi connectivity index (χ2n) is 9.50. The zero-order valence-electron chi connectivity index (χ0n) is 20.3. The second kappa shape index (κ2) is 10.2. The maximum absolute atomic E-state index is 13.9. The van der Waals surface area contributed by atoms with Crippen LogP contribution in [-0.4, -0.2) is 5.78 Å². The van der Waals surface area contributed by atoms with E-state index in [4.69, 9.17) is 16.3 Å². The van der Waals surface area contributed by atoms with Gasteiger partial charge in [0.05, 0.1) is 17.4 Å². The van der Waals surface area contributed by atoms with Gasteiger partial charge < -0.3 is 15.4 Å². The Bertz CT molecular complexity index is 1480. The lowest BCUT2D eigenvalue weighted by Crippen LogP contribution is -2.27. The maximum atomic E-state index is 13.9. The number of rotatable bonds is 5. The van der Waals surface area contributed by atoms with Gasteiger partial charge in [0.15, 0.2) is 5.78 Å². The molecule has 5 heteroatoms. The summed E-state index contributed by atoms with van der Waals surface area (Å²) < 4.78 is 6.31. The van der Waals surface area contributed by atoms with Crippen LogP contribution in [0.4, 0.5) is 11.4 Å². The minimum atomic E-state index is -0.349. The van der Waals surface area contributed by atoms with Crippen molar-refractivity contribution < 1.29 is 9.53 Å². The Balaban J connectivity index is 1.41. The summed E-state index contributed by atoms with van der Waals surface area (Å²) in [5.41, 5.74) is 6.63. The molecule has 2 N–H and O–H groups in total. The first-order chi connectivity index (χ1) is 18.2. The summed E-state index contributed by atoms with van der Waals surface area (Å²) in [5, 5.41) is 7.96. The molecule has 2 aliphatic rings. The van der Waals surface area contributed by atoms with E-state index in [9.17, 15) is 4.79 Å². The van der Waals surface area contributed by atoms with Gasteiger partial charge in [-0.15, -0.1) is 0 Å². The topological polar surface area (TPSA) is 50.4 Å². The number of carbonyl (C=O) groups is 1. The number of Topliss-reactive ketones (excluding diaryl/α,β-unsaturated/α-hetero) is 1. The van der Waals surface area contributed by atoms with Crippen molar-refractivity contribution in [3.63, 3.8) is 0 Å². The molecule has 1 aliphatic heterocycles. The van der Waals surface area contributed by atoms with E-state index in [1.54, 1.807) is 0 Å². The predicted octanol–water partition coefficient (Wildman–Crippen LogP) is 7.90. The van der Waals surface area contributed by atoms with E-state index in [1.807, 2.05) is 103 Å². The summed E-state index contributed by atoms with van der Waals surface area (Å²) in [6.45, 7) is 0.452. The minimum absolute atomic E-state index is 0.0166. The van der Waals surface area contributed by atoms with Crippen LogP contribution in [0, 0.1) is 0 Å². The van der Waals surface area contributed by atoms with E-state index in [1.165, 1.54) is 0 Å². The highest BCUT2D eigenvalue weighted by molar-refractivity contribution is 6.31. The predicted molar refractivity (Wildman–Crippen MR) is 149 cm³/mol. The largest absolute Gasteiger partial charge is 0.489 e. The van der Waals surface area contributed by atoms with Crippen LogP contribution in [0.1, 0.15) is 41.5 Å². The van der Waals surface area contributed by atoms with Gasteiger partial charge in [-0.25, -0.2) is 0 Å². The molecule has 0 fully saturated rings. The normalized spacial score (nSPS) is 18.7. The average molecular weight is 507 g/mol. The Morgan fingerprint density at radius 1 is 0.757 bits per heavy atom. The molecule has 184 valence electrons. The first-order valence-corrected chi connectivity index (χ1v) is 12.9. The van der Waals surface area contributed by atoms with Crippen molar-refractivity contribution in [1.82, 2.24) is 0 Å². The molecule has 4 aromatic carbocycles. The highest BCUT2D eigenvalue weighted by atomic mass is 35.5. The summed E-state index contributed by atoms with van der Waals surface area (Å²) in [5.74, 6) is 0.890. The van der Waals surface area contributed by atoms with Crippen LogP contribution >= 0.6 is 11.6 Å². The van der Waals surface area contributed by atoms with Gasteiger partial charge in [-0.1, -0.05) is 90.5 Å². The Hall–Kier alpha value is -4.02. The third kappa shape index (κ3) is 4.73. The Morgan fingerprint density at radius 2 is 1.43 bits per heavy atom. The first-order valence-electron chi connectivity index (χ1n) is 12.6. The van der Waals surface area contributed by atoms with Gasteiger partial charge in [0.2, 0.25) is 0 Å². The highest BCUT2D eigenvalue weighted by Crippen LogP contribution is 2.46. The third-order valence-electron chi connectivity index (χ3n) is 7.12. The van der Waals surface area contributed by atoms with Gasteiger partial charge in [-0.05, 0) is 47.7 Å². The minimum Gasteiger partial charge on any atom is -0.489 e. The summed E-state index contributed by atoms with van der Waals surface area (Å²) in [4.78, 5) is 13.9. The van der Waals surface area contributed by atoms with Crippen LogP contribution in [0.15, 0.2) is 114 Å². The molecule has 0 amide bonds. The number of fused-ring (bicyclic) bond motifs is 1. The number of anilines is 2. The molecule has 0 saturated heterocycles. The molecule has 2 atom stereocenters. The van der Waals surface area contributed by atoms with Gasteiger partial charge in [0, 0.05) is 28.3 Å². The Kier molecular flexibility index (Phi) is 6.42. The highest BCUT2D eigenvalue weighted by Gasteiger charge is 2.37. The van der Waals surface area contributed by atoms with Crippen molar-refractivity contribution in [3.05, 3.63) is 136 Å². The average Bonchev–Trinajstić information content (AvgIpc) is 3.10. The van der Waals surface area contributed by atoms with E-state index < -0.39 is 0 Å². The summed E-state index contributed by atoms with van der Waals surface area (Å²) in [6, 6.07) is 33.7. The Labute approximate surface area is 221 Å². The number of hydrogen-bond acceptors (Lipinski definition) is 4. The lowest BCUT2D eigenvalue weighted by molar-refractivity contribution is -0.116. The number of ketones is 1. The Morgan fingerprint density at radius 3 is 2.24 bits per heavy atom. The van der Waals surface area contributed by atoms with Crippen LogP contribution in [0.5, 0.6) is 5.75 Å². The number of nitrogens with one attached hydrogen (secondary N) is 2. The van der Waals surface area contributed by atoms with E-state index >= 15 is 0 Å². The van der Waals surface area contributed by atoms with E-state index in [0.717, 1.165) is 45.1 Å². The molecule has 0 radical (unpaired) electrons. The number of carbonyl (C=O) groups excluding carboxylic acids is 1. The fourth-order valence-corrected chi connectivity index (χ4v) is 5.63. The molecule has 0 saturated carbocycles. The van der Waals surface area contributed by atoms with E-state index in [0.29, 0.717) is 24.5 Å². The SMILES string of the molecule is O=C1CC(c2ccccc2Cl)CC2=C1C(c1ccccc1OCc1ccccc1)Nc1ccccc1N2. The van der Waals surface area contributed by atoms with Crippen molar-refractivity contribution in [1.29, 1.82) is 0 Å². The van der Waals surface area contributed by atoms with Gasteiger partial charge in [-0.2, -0.15) is 0 Å². The molecule has 1 aliphatic carbocycles. The zero-order valence-corrected chi connectivity index (χ0v) is 21.0. The lowest BCUT2D eigenvalue weighted by Gasteiger charge is -2.30. The van der Waals surface area contributed by atoms with E-state index in [-0.39, 0.29) is 17.7 Å². The molecule has 2 unspecified atom stereocenters. The van der Waals surface area contributed by atoms with Crippen molar-refractivity contribution >= 4 is 28.8 Å². The van der Waals surface area contributed by atoms with Gasteiger partial charge in [0.25, 0.3) is 0 Å². The standard InChI is InChI=1S/C32H27ClN2O2/c33-25-14-6-4-12-23(25)22-18-28-31(29(36)19-22)32(35-27-16-8-7-15-26(27)34-28)24-13-5-9-17-30(24)37-20-21-10-2-1-3-11-21/h1-17,22,32,34-35H,18-20H2. The van der Waals surface area contributed by atoms with Crippen molar-refractivity contribution in [2.45, 2.75) is 31.4 Å². The first kappa shape index (κ1) is 23.4. The van der Waals surface area contributed by atoms with E-state index in [2.05, 4.69) is 10.6 Å².